The van der Waals surface area contributed by atoms with E-state index in [0.717, 1.165) is 47.8 Å². The number of aromatic nitrogens is 1. The first kappa shape index (κ1) is 27.6. The van der Waals surface area contributed by atoms with Crippen molar-refractivity contribution in [3.8, 4) is 17.2 Å². The van der Waals surface area contributed by atoms with Gasteiger partial charge in [0.2, 0.25) is 0 Å². The number of hydrogen-bond acceptors (Lipinski definition) is 6. The van der Waals surface area contributed by atoms with Crippen LogP contribution >= 0.6 is 0 Å². The molecule has 0 radical (unpaired) electrons. The Balaban J connectivity index is 0.00000320. The number of carboxylic acids is 1. The molecule has 0 bridgehead atoms. The van der Waals surface area contributed by atoms with Gasteiger partial charge in [-0.15, -0.1) is 0 Å². The molecule has 0 saturated heterocycles. The molecule has 7 heteroatoms. The second-order valence-electron chi connectivity index (χ2n) is 10.1. The van der Waals surface area contributed by atoms with Gasteiger partial charge in [-0.25, -0.2) is 4.98 Å². The van der Waals surface area contributed by atoms with E-state index >= 15 is 0 Å². The van der Waals surface area contributed by atoms with Crippen LogP contribution in [0.15, 0.2) is 46.9 Å². The Labute approximate surface area is 239 Å². The number of fused-ring (bicyclic) bond motifs is 2. The van der Waals surface area contributed by atoms with Gasteiger partial charge in [0.05, 0.1) is 35.7 Å². The molecule has 1 aliphatic carbocycles. The third kappa shape index (κ3) is 5.73. The minimum Gasteiger partial charge on any atom is -0.545 e. The third-order valence-corrected chi connectivity index (χ3v) is 7.15. The van der Waals surface area contributed by atoms with Crippen molar-refractivity contribution in [2.24, 2.45) is 5.92 Å². The normalized spacial score (nSPS) is 17.8. The molecule has 37 heavy (non-hydrogen) atoms. The van der Waals surface area contributed by atoms with Crippen LogP contribution in [0.25, 0.3) is 33.3 Å². The second kappa shape index (κ2) is 11.6. The minimum absolute atomic E-state index is 0. The summed E-state index contributed by atoms with van der Waals surface area (Å²) in [5.41, 5.74) is 3.63. The molecule has 2 aromatic carbocycles. The van der Waals surface area contributed by atoms with Crippen molar-refractivity contribution in [1.29, 1.82) is 0 Å². The fourth-order valence-electron chi connectivity index (χ4n) is 5.29. The number of aromatic carboxylic acids is 1. The average Bonchev–Trinajstić information content (AvgIpc) is 3.20. The van der Waals surface area contributed by atoms with E-state index in [9.17, 15) is 9.90 Å². The van der Waals surface area contributed by atoms with E-state index in [4.69, 9.17) is 18.9 Å². The van der Waals surface area contributed by atoms with E-state index in [1.807, 2.05) is 50.2 Å². The van der Waals surface area contributed by atoms with Crippen molar-refractivity contribution in [3.63, 3.8) is 0 Å². The molecule has 6 nitrogen and oxygen atoms in total. The van der Waals surface area contributed by atoms with Crippen LogP contribution < -0.4 is 39.4 Å². The molecule has 1 aliphatic rings. The van der Waals surface area contributed by atoms with Crippen molar-refractivity contribution in [3.05, 3.63) is 59.2 Å². The van der Waals surface area contributed by atoms with Crippen LogP contribution in [0.4, 0.5) is 0 Å². The summed E-state index contributed by atoms with van der Waals surface area (Å²) in [5, 5.41) is 13.8. The van der Waals surface area contributed by atoms with Crippen LogP contribution in [0.2, 0.25) is 0 Å². The van der Waals surface area contributed by atoms with Gasteiger partial charge >= 0.3 is 29.6 Å². The Morgan fingerprint density at radius 2 is 1.84 bits per heavy atom. The summed E-state index contributed by atoms with van der Waals surface area (Å²) < 4.78 is 18.3. The molecule has 0 aliphatic heterocycles. The Hall–Kier alpha value is -2.38. The Bertz CT molecular complexity index is 1420. The van der Waals surface area contributed by atoms with E-state index in [0.29, 0.717) is 46.7 Å². The number of carboxylic acid groups (broad SMARTS) is 1. The fourth-order valence-corrected chi connectivity index (χ4v) is 5.29. The summed E-state index contributed by atoms with van der Waals surface area (Å²) >= 11 is 0. The van der Waals surface area contributed by atoms with E-state index < -0.39 is 5.97 Å². The molecule has 0 N–H and O–H groups in total. The summed E-state index contributed by atoms with van der Waals surface area (Å²) in [5.74, 6) is 0.229. The summed E-state index contributed by atoms with van der Waals surface area (Å²) in [4.78, 5) is 17.2. The maximum absolute atomic E-state index is 12.3. The first-order valence-corrected chi connectivity index (χ1v) is 12.7. The Morgan fingerprint density at radius 1 is 1.11 bits per heavy atom. The molecule has 2 aromatic heterocycles. The molecule has 188 valence electrons. The predicted octanol–water partition coefficient (Wildman–Crippen LogP) is 2.99. The van der Waals surface area contributed by atoms with E-state index in [1.54, 1.807) is 6.07 Å². The van der Waals surface area contributed by atoms with Crippen LogP contribution in [-0.2, 0) is 4.74 Å². The topological polar surface area (TPSA) is 84.6 Å². The van der Waals surface area contributed by atoms with Crippen molar-refractivity contribution >= 4 is 27.8 Å². The van der Waals surface area contributed by atoms with Crippen molar-refractivity contribution in [1.82, 2.24) is 4.98 Å². The third-order valence-electron chi connectivity index (χ3n) is 7.15. The maximum atomic E-state index is 12.3. The van der Waals surface area contributed by atoms with Gasteiger partial charge in [-0.1, -0.05) is 24.3 Å². The molecule has 0 amide bonds. The van der Waals surface area contributed by atoms with Gasteiger partial charge in [-0.05, 0) is 83.1 Å². The van der Waals surface area contributed by atoms with Gasteiger partial charge in [0, 0.05) is 16.5 Å². The van der Waals surface area contributed by atoms with E-state index in [1.165, 1.54) is 0 Å². The Morgan fingerprint density at radius 3 is 2.51 bits per heavy atom. The number of carbonyl (C=O) groups excluding carboxylic acids is 1. The fraction of sp³-hybridized carbons (Fsp3) is 0.400. The van der Waals surface area contributed by atoms with Crippen LogP contribution in [0, 0.1) is 19.8 Å². The second-order valence-corrected chi connectivity index (χ2v) is 10.1. The zero-order chi connectivity index (χ0) is 25.4. The molecule has 1 fully saturated rings. The van der Waals surface area contributed by atoms with Crippen molar-refractivity contribution in [2.75, 3.05) is 6.61 Å². The number of aryl methyl sites for hydroxylation is 2. The summed E-state index contributed by atoms with van der Waals surface area (Å²) in [7, 11) is 0. The molecule has 1 saturated carbocycles. The molecule has 0 unspecified atom stereocenters. The number of ether oxygens (including phenoxy) is 2. The van der Waals surface area contributed by atoms with Gasteiger partial charge in [0.15, 0.2) is 5.76 Å². The van der Waals surface area contributed by atoms with Gasteiger partial charge in [0.25, 0.3) is 0 Å². The monoisotopic (exact) mass is 509 g/mol. The zero-order valence-electron chi connectivity index (χ0n) is 22.3. The standard InChI is InChI=1S/C30H33NO5.Na/c1-17(2)35-21-12-10-20(11-13-21)16-34-26-14-9-18(3)28-27(26)23(30(32)33)15-24(31-28)29-19(4)22-7-5-6-8-25(22)36-29;/h5-9,14-15,17,20-21H,10-13,16H2,1-4H3,(H,32,33);/q;+1/p-1. The molecule has 5 rings (SSSR count). The van der Waals surface area contributed by atoms with E-state index in [2.05, 4.69) is 13.8 Å². The summed E-state index contributed by atoms with van der Waals surface area (Å²) in [6, 6.07) is 13.0. The van der Waals surface area contributed by atoms with Crippen LogP contribution in [0.3, 0.4) is 0 Å². The van der Waals surface area contributed by atoms with Gasteiger partial charge < -0.3 is 23.8 Å². The summed E-state index contributed by atoms with van der Waals surface area (Å²) in [6.45, 7) is 8.55. The molecule has 0 spiro atoms. The largest absolute Gasteiger partial charge is 1.00 e. The van der Waals surface area contributed by atoms with E-state index in [-0.39, 0.29) is 41.2 Å². The first-order chi connectivity index (χ1) is 17.3. The van der Waals surface area contributed by atoms with Gasteiger partial charge in [0.1, 0.15) is 17.0 Å². The number of carbonyl (C=O) groups is 1. The van der Waals surface area contributed by atoms with Crippen molar-refractivity contribution < 1.29 is 53.3 Å². The van der Waals surface area contributed by atoms with Crippen molar-refractivity contribution in [2.45, 2.75) is 65.6 Å². The van der Waals surface area contributed by atoms with Crippen LogP contribution in [0.5, 0.6) is 5.75 Å². The van der Waals surface area contributed by atoms with Gasteiger partial charge in [-0.3, -0.25) is 0 Å². The predicted molar refractivity (Wildman–Crippen MR) is 138 cm³/mol. The Kier molecular flexibility index (Phi) is 8.64. The van der Waals surface area contributed by atoms with Crippen LogP contribution in [-0.4, -0.2) is 29.8 Å². The maximum Gasteiger partial charge on any atom is 1.00 e. The number of benzene rings is 2. The number of hydrogen-bond donors (Lipinski definition) is 0. The average molecular weight is 510 g/mol. The minimum atomic E-state index is -1.26. The number of pyridine rings is 1. The number of furan rings is 1. The van der Waals surface area contributed by atoms with Crippen LogP contribution in [0.1, 0.15) is 61.0 Å². The summed E-state index contributed by atoms with van der Waals surface area (Å²) in [6.07, 6.45) is 4.66. The number of rotatable bonds is 7. The molecule has 0 atom stereocenters. The zero-order valence-corrected chi connectivity index (χ0v) is 24.3. The smallest absolute Gasteiger partial charge is 0.545 e. The molecular weight excluding hydrogens is 477 g/mol. The number of para-hydroxylation sites is 1. The SMILES string of the molecule is Cc1c(-c2cc(C(=O)[O-])c3c(OCC4CCC(OC(C)C)CC4)ccc(C)c3n2)oc2ccccc12.[Na+]. The molecular formula is C30H32NNaO5. The first-order valence-electron chi connectivity index (χ1n) is 12.7. The number of nitrogens with zero attached hydrogens (tertiary/aromatic N) is 1. The quantitative estimate of drug-likeness (QED) is 0.356. The molecule has 2 heterocycles. The van der Waals surface area contributed by atoms with Gasteiger partial charge in [-0.2, -0.15) is 0 Å². The molecule has 4 aromatic rings.